The van der Waals surface area contributed by atoms with E-state index in [4.69, 9.17) is 5.73 Å². The van der Waals surface area contributed by atoms with Crippen LogP contribution in [0.3, 0.4) is 0 Å². The fourth-order valence-corrected chi connectivity index (χ4v) is 4.15. The number of hydrogen-bond donors (Lipinski definition) is 4. The molecule has 3 atom stereocenters. The molecule has 192 valence electrons. The summed E-state index contributed by atoms with van der Waals surface area (Å²) in [4.78, 5) is 38.1. The highest BCUT2D eigenvalue weighted by Gasteiger charge is 2.31. The predicted molar refractivity (Wildman–Crippen MR) is 146 cm³/mol. The number of carbonyl (C=O) groups excluding carboxylic acids is 3. The third-order valence-electron chi connectivity index (χ3n) is 6.23. The first-order chi connectivity index (χ1) is 18.4. The quantitative estimate of drug-likeness (QED) is 0.263. The third-order valence-corrected chi connectivity index (χ3v) is 6.23. The summed E-state index contributed by atoms with van der Waals surface area (Å²) in [5.41, 5.74) is 9.38. The number of amides is 3. The zero-order valence-electron chi connectivity index (χ0n) is 20.7. The molecule has 4 aromatic carbocycles. The first-order valence-corrected chi connectivity index (χ1v) is 12.3. The van der Waals surface area contributed by atoms with Gasteiger partial charge in [0.25, 0.3) is 11.8 Å². The Morgan fingerprint density at radius 3 is 1.79 bits per heavy atom. The lowest BCUT2D eigenvalue weighted by Gasteiger charge is -2.26. The molecule has 4 rings (SSSR count). The summed E-state index contributed by atoms with van der Waals surface area (Å²) in [6.07, 6.45) is -1.53. The van der Waals surface area contributed by atoms with Crippen LogP contribution in [0, 0.1) is 0 Å². The number of aliphatic hydroxyl groups is 1. The number of primary amides is 1. The molecule has 0 aromatic heterocycles. The van der Waals surface area contributed by atoms with Crippen LogP contribution in [0.4, 0.5) is 0 Å². The van der Waals surface area contributed by atoms with Gasteiger partial charge in [0.1, 0.15) is 6.04 Å². The highest BCUT2D eigenvalue weighted by atomic mass is 16.3. The predicted octanol–water partition coefficient (Wildman–Crippen LogP) is 3.40. The molecule has 5 N–H and O–H groups in total. The van der Waals surface area contributed by atoms with Crippen molar-refractivity contribution in [3.63, 3.8) is 0 Å². The van der Waals surface area contributed by atoms with Gasteiger partial charge in [-0.2, -0.15) is 0 Å². The molecule has 0 saturated carbocycles. The second-order valence-corrected chi connectivity index (χ2v) is 8.90. The first kappa shape index (κ1) is 26.3. The van der Waals surface area contributed by atoms with Gasteiger partial charge in [-0.25, -0.2) is 0 Å². The molecule has 38 heavy (non-hydrogen) atoms. The maximum Gasteiger partial charge on any atom is 0.252 e. The molecule has 3 amide bonds. The van der Waals surface area contributed by atoms with Crippen LogP contribution in [0.25, 0.3) is 11.1 Å². The Kier molecular flexibility index (Phi) is 8.64. The van der Waals surface area contributed by atoms with Crippen molar-refractivity contribution in [1.82, 2.24) is 10.6 Å². The molecule has 0 fully saturated rings. The summed E-state index contributed by atoms with van der Waals surface area (Å²) >= 11 is 0. The van der Waals surface area contributed by atoms with Gasteiger partial charge in [-0.3, -0.25) is 14.4 Å². The number of benzene rings is 4. The van der Waals surface area contributed by atoms with Gasteiger partial charge in [-0.05, 0) is 34.4 Å². The number of carbonyl (C=O) groups is 3. The van der Waals surface area contributed by atoms with E-state index in [-0.39, 0.29) is 6.42 Å². The minimum Gasteiger partial charge on any atom is -0.381 e. The van der Waals surface area contributed by atoms with Gasteiger partial charge in [0.05, 0.1) is 6.04 Å². The molecular formula is C31H29N3O4. The second kappa shape index (κ2) is 12.5. The van der Waals surface area contributed by atoms with Crippen LogP contribution in [-0.4, -0.2) is 35.0 Å². The van der Waals surface area contributed by atoms with Crippen LogP contribution >= 0.6 is 0 Å². The molecule has 0 radical (unpaired) electrons. The minimum atomic E-state index is -1.67. The summed E-state index contributed by atoms with van der Waals surface area (Å²) in [6.45, 7) is 0. The van der Waals surface area contributed by atoms with E-state index in [0.29, 0.717) is 11.1 Å². The van der Waals surface area contributed by atoms with Crippen molar-refractivity contribution >= 4 is 17.7 Å². The Labute approximate surface area is 221 Å². The zero-order valence-corrected chi connectivity index (χ0v) is 20.7. The molecule has 0 spiro atoms. The third kappa shape index (κ3) is 6.72. The molecular weight excluding hydrogens is 478 g/mol. The highest BCUT2D eigenvalue weighted by Crippen LogP contribution is 2.21. The second-order valence-electron chi connectivity index (χ2n) is 8.90. The fraction of sp³-hybridized carbons (Fsp3) is 0.129. The Balaban J connectivity index is 1.48. The van der Waals surface area contributed by atoms with Crippen molar-refractivity contribution in [3.8, 4) is 11.1 Å². The smallest absolute Gasteiger partial charge is 0.252 e. The number of nitrogens with one attached hydrogen (secondary N) is 2. The summed E-state index contributed by atoms with van der Waals surface area (Å²) in [5, 5.41) is 16.3. The highest BCUT2D eigenvalue weighted by molar-refractivity contribution is 5.95. The van der Waals surface area contributed by atoms with E-state index < -0.39 is 35.9 Å². The average molecular weight is 508 g/mol. The Morgan fingerprint density at radius 1 is 0.684 bits per heavy atom. The lowest BCUT2D eigenvalue weighted by Crippen LogP contribution is -2.52. The van der Waals surface area contributed by atoms with E-state index in [1.165, 1.54) is 0 Å². The van der Waals surface area contributed by atoms with Crippen LogP contribution in [0.1, 0.15) is 27.5 Å². The molecule has 0 aliphatic heterocycles. The summed E-state index contributed by atoms with van der Waals surface area (Å²) in [5.74, 6) is -2.00. The van der Waals surface area contributed by atoms with Crippen LogP contribution in [0.5, 0.6) is 0 Å². The molecule has 0 saturated heterocycles. The SMILES string of the molecule is NC(=O)[C@@H](Cc1ccc(-c2ccccc2)cc1)NC(=O)[C@H](O)[C@@H](NC(=O)c1ccccc1)c1ccccc1. The van der Waals surface area contributed by atoms with Gasteiger partial charge in [0.2, 0.25) is 5.91 Å². The maximum absolute atomic E-state index is 13.1. The van der Waals surface area contributed by atoms with Crippen molar-refractivity contribution in [3.05, 3.63) is 132 Å². The van der Waals surface area contributed by atoms with Gasteiger partial charge in [0.15, 0.2) is 6.10 Å². The Bertz CT molecular complexity index is 1360. The van der Waals surface area contributed by atoms with Gasteiger partial charge in [0, 0.05) is 12.0 Å². The number of aliphatic hydroxyl groups excluding tert-OH is 1. The summed E-state index contributed by atoms with van der Waals surface area (Å²) in [6, 6.07) is 32.5. The minimum absolute atomic E-state index is 0.148. The molecule has 0 aliphatic rings. The monoisotopic (exact) mass is 507 g/mol. The van der Waals surface area contributed by atoms with E-state index >= 15 is 0 Å². The van der Waals surface area contributed by atoms with Crippen molar-refractivity contribution in [2.24, 2.45) is 5.73 Å². The van der Waals surface area contributed by atoms with E-state index in [9.17, 15) is 19.5 Å². The van der Waals surface area contributed by atoms with E-state index in [1.54, 1.807) is 60.7 Å². The normalized spacial score (nSPS) is 13.1. The average Bonchev–Trinajstić information content (AvgIpc) is 2.96. The van der Waals surface area contributed by atoms with Crippen molar-refractivity contribution < 1.29 is 19.5 Å². The molecule has 7 nitrogen and oxygen atoms in total. The fourth-order valence-electron chi connectivity index (χ4n) is 4.15. The van der Waals surface area contributed by atoms with Crippen molar-refractivity contribution in [2.45, 2.75) is 24.6 Å². The largest absolute Gasteiger partial charge is 0.381 e. The van der Waals surface area contributed by atoms with Crippen LogP contribution in [0.2, 0.25) is 0 Å². The van der Waals surface area contributed by atoms with Gasteiger partial charge >= 0.3 is 0 Å². The number of hydrogen-bond acceptors (Lipinski definition) is 4. The van der Waals surface area contributed by atoms with Crippen LogP contribution < -0.4 is 16.4 Å². The van der Waals surface area contributed by atoms with Gasteiger partial charge < -0.3 is 21.5 Å². The molecule has 0 aliphatic carbocycles. The van der Waals surface area contributed by atoms with Crippen molar-refractivity contribution in [2.75, 3.05) is 0 Å². The van der Waals surface area contributed by atoms with E-state index in [2.05, 4.69) is 10.6 Å². The topological polar surface area (TPSA) is 122 Å². The molecule has 0 bridgehead atoms. The lowest BCUT2D eigenvalue weighted by molar-refractivity contribution is -0.134. The number of nitrogens with two attached hydrogens (primary N) is 1. The Hall–Kier alpha value is -4.75. The molecule has 7 heteroatoms. The van der Waals surface area contributed by atoms with Crippen LogP contribution in [0.15, 0.2) is 115 Å². The maximum atomic E-state index is 13.1. The first-order valence-electron chi connectivity index (χ1n) is 12.3. The summed E-state index contributed by atoms with van der Waals surface area (Å²) < 4.78 is 0. The van der Waals surface area contributed by atoms with Gasteiger partial charge in [-0.15, -0.1) is 0 Å². The number of rotatable bonds is 10. The van der Waals surface area contributed by atoms with E-state index in [0.717, 1.165) is 16.7 Å². The zero-order chi connectivity index (χ0) is 26.9. The van der Waals surface area contributed by atoms with Crippen molar-refractivity contribution in [1.29, 1.82) is 0 Å². The van der Waals surface area contributed by atoms with E-state index in [1.807, 2.05) is 54.6 Å². The molecule has 0 heterocycles. The molecule has 4 aromatic rings. The van der Waals surface area contributed by atoms with Gasteiger partial charge in [-0.1, -0.05) is 103 Å². The van der Waals surface area contributed by atoms with Crippen LogP contribution in [-0.2, 0) is 16.0 Å². The Morgan fingerprint density at radius 2 is 1.21 bits per heavy atom. The standard InChI is InChI=1S/C31H29N3O4/c32-29(36)26(20-21-16-18-23(19-17-21)22-10-4-1-5-11-22)33-31(38)28(35)27(24-12-6-2-7-13-24)34-30(37)25-14-8-3-9-15-25/h1-19,26-28,35H,20H2,(H2,32,36)(H,33,38)(H,34,37)/t26-,27+,28-/m1/s1. The lowest BCUT2D eigenvalue weighted by atomic mass is 9.98. The summed E-state index contributed by atoms with van der Waals surface area (Å²) in [7, 11) is 0. The molecule has 0 unspecified atom stereocenters.